The molecular weight excluding hydrogens is 192 g/mol. The van der Waals surface area contributed by atoms with Crippen LogP contribution in [-0.2, 0) is 4.74 Å². The average Bonchev–Trinajstić information content (AvgIpc) is 2.54. The van der Waals surface area contributed by atoms with Crippen molar-refractivity contribution in [2.24, 2.45) is 0 Å². The normalized spacial score (nSPS) is 23.5. The molecule has 1 aromatic carbocycles. The molecule has 1 aliphatic carbocycles. The Labute approximate surface area is 87.0 Å². The molecule has 0 fully saturated rings. The van der Waals surface area contributed by atoms with Crippen molar-refractivity contribution in [2.45, 2.75) is 12.5 Å². The van der Waals surface area contributed by atoms with E-state index < -0.39 is 6.10 Å². The van der Waals surface area contributed by atoms with Gasteiger partial charge in [0, 0.05) is 23.1 Å². The molecular formula is C12H10O3. The molecule has 0 amide bonds. The number of ether oxygens (including phenoxy) is 1. The summed E-state index contributed by atoms with van der Waals surface area (Å²) in [6.45, 7) is 0.278. The molecule has 0 saturated carbocycles. The lowest BCUT2D eigenvalue weighted by Gasteiger charge is -2.19. The van der Waals surface area contributed by atoms with Crippen LogP contribution in [0.25, 0.3) is 5.76 Å². The van der Waals surface area contributed by atoms with E-state index in [4.69, 9.17) is 4.74 Å². The van der Waals surface area contributed by atoms with Gasteiger partial charge in [-0.1, -0.05) is 24.3 Å². The lowest BCUT2D eigenvalue weighted by atomic mass is 10.0. The second-order valence-corrected chi connectivity index (χ2v) is 3.85. The van der Waals surface area contributed by atoms with Crippen molar-refractivity contribution in [3.8, 4) is 0 Å². The maximum Gasteiger partial charge on any atom is 0.193 e. The summed E-state index contributed by atoms with van der Waals surface area (Å²) in [6.07, 6.45) is -0.148. The maximum atomic E-state index is 11.9. The van der Waals surface area contributed by atoms with Crippen molar-refractivity contribution >= 4 is 11.5 Å². The summed E-state index contributed by atoms with van der Waals surface area (Å²) in [6, 6.07) is 7.40. The Bertz CT molecular complexity index is 474. The highest BCUT2D eigenvalue weighted by molar-refractivity contribution is 6.19. The monoisotopic (exact) mass is 202 g/mol. The van der Waals surface area contributed by atoms with Gasteiger partial charge in [-0.05, 0) is 0 Å². The van der Waals surface area contributed by atoms with Gasteiger partial charge in [-0.25, -0.2) is 0 Å². The first-order valence-corrected chi connectivity index (χ1v) is 4.95. The van der Waals surface area contributed by atoms with E-state index in [1.54, 1.807) is 6.07 Å². The number of hydrogen-bond acceptors (Lipinski definition) is 3. The van der Waals surface area contributed by atoms with E-state index in [0.29, 0.717) is 23.3 Å². The number of Topliss-reactive ketones (excluding diaryl/α,β-unsaturated/α-hetero) is 1. The SMILES string of the molecule is O=C1C2=C(OC[C@@H](O)C2)c2ccccc21. The van der Waals surface area contributed by atoms with Crippen molar-refractivity contribution < 1.29 is 14.6 Å². The maximum absolute atomic E-state index is 11.9. The van der Waals surface area contributed by atoms with Crippen molar-refractivity contribution in [2.75, 3.05) is 6.61 Å². The Balaban J connectivity index is 2.16. The van der Waals surface area contributed by atoms with Gasteiger partial charge >= 0.3 is 0 Å². The minimum Gasteiger partial charge on any atom is -0.490 e. The van der Waals surface area contributed by atoms with Gasteiger partial charge in [-0.15, -0.1) is 0 Å². The molecule has 3 rings (SSSR count). The third kappa shape index (κ3) is 1.13. The van der Waals surface area contributed by atoms with Crippen LogP contribution in [0.4, 0.5) is 0 Å². The van der Waals surface area contributed by atoms with Gasteiger partial charge < -0.3 is 9.84 Å². The number of fused-ring (bicyclic) bond motifs is 2. The van der Waals surface area contributed by atoms with Crippen molar-refractivity contribution in [1.29, 1.82) is 0 Å². The number of benzene rings is 1. The molecule has 0 aromatic heterocycles. The number of carbonyl (C=O) groups excluding carboxylic acids is 1. The van der Waals surface area contributed by atoms with E-state index >= 15 is 0 Å². The fourth-order valence-electron chi connectivity index (χ4n) is 2.13. The molecule has 76 valence electrons. The lowest BCUT2D eigenvalue weighted by Crippen LogP contribution is -2.21. The smallest absolute Gasteiger partial charge is 0.193 e. The van der Waals surface area contributed by atoms with E-state index in [0.717, 1.165) is 5.56 Å². The van der Waals surface area contributed by atoms with Gasteiger partial charge in [0.15, 0.2) is 5.78 Å². The summed E-state index contributed by atoms with van der Waals surface area (Å²) in [5, 5.41) is 9.44. The number of ketones is 1. The zero-order valence-corrected chi connectivity index (χ0v) is 8.06. The Hall–Kier alpha value is -1.61. The first-order chi connectivity index (χ1) is 7.27. The van der Waals surface area contributed by atoms with Crippen LogP contribution in [0.2, 0.25) is 0 Å². The molecule has 0 radical (unpaired) electrons. The highest BCUT2D eigenvalue weighted by atomic mass is 16.5. The quantitative estimate of drug-likeness (QED) is 0.691. The van der Waals surface area contributed by atoms with Gasteiger partial charge in [-0.3, -0.25) is 4.79 Å². The first kappa shape index (κ1) is 8.68. The molecule has 2 aliphatic rings. The standard InChI is InChI=1S/C12H10O3/c13-7-5-10-11(14)8-3-1-2-4-9(8)12(10)15-6-7/h1-4,7,13H,5-6H2/t7-/m0/s1. The number of carbonyl (C=O) groups is 1. The Kier molecular flexibility index (Phi) is 1.70. The van der Waals surface area contributed by atoms with Crippen molar-refractivity contribution in [3.63, 3.8) is 0 Å². The van der Waals surface area contributed by atoms with E-state index in [2.05, 4.69) is 0 Å². The molecule has 15 heavy (non-hydrogen) atoms. The summed E-state index contributed by atoms with van der Waals surface area (Å²) < 4.78 is 5.42. The molecule has 1 aromatic rings. The average molecular weight is 202 g/mol. The van der Waals surface area contributed by atoms with Gasteiger partial charge in [0.25, 0.3) is 0 Å². The summed E-state index contributed by atoms with van der Waals surface area (Å²) in [5.41, 5.74) is 2.18. The molecule has 1 atom stereocenters. The second kappa shape index (κ2) is 2.94. The van der Waals surface area contributed by atoms with Crippen LogP contribution in [0.15, 0.2) is 29.8 Å². The first-order valence-electron chi connectivity index (χ1n) is 4.95. The summed E-state index contributed by atoms with van der Waals surface area (Å²) >= 11 is 0. The lowest BCUT2D eigenvalue weighted by molar-refractivity contribution is 0.0762. The van der Waals surface area contributed by atoms with Crippen LogP contribution in [0.1, 0.15) is 22.3 Å². The van der Waals surface area contributed by atoms with Gasteiger partial charge in [0.05, 0.1) is 6.10 Å². The van der Waals surface area contributed by atoms with Gasteiger partial charge in [-0.2, -0.15) is 0 Å². The molecule has 0 unspecified atom stereocenters. The van der Waals surface area contributed by atoms with Crippen LogP contribution in [0, 0.1) is 0 Å². The summed E-state index contributed by atoms with van der Waals surface area (Å²) in [5.74, 6) is 0.667. The van der Waals surface area contributed by atoms with Crippen molar-refractivity contribution in [3.05, 3.63) is 41.0 Å². The largest absolute Gasteiger partial charge is 0.490 e. The van der Waals surface area contributed by atoms with E-state index in [1.165, 1.54) is 0 Å². The Morgan fingerprint density at radius 3 is 2.80 bits per heavy atom. The summed E-state index contributed by atoms with van der Waals surface area (Å²) in [7, 11) is 0. The molecule has 1 heterocycles. The predicted molar refractivity (Wildman–Crippen MR) is 54.3 cm³/mol. The topological polar surface area (TPSA) is 46.5 Å². The zero-order valence-electron chi connectivity index (χ0n) is 8.06. The third-order valence-electron chi connectivity index (χ3n) is 2.82. The van der Waals surface area contributed by atoms with Crippen LogP contribution in [0.5, 0.6) is 0 Å². The number of rotatable bonds is 0. The molecule has 0 bridgehead atoms. The molecule has 1 N–H and O–H groups in total. The predicted octanol–water partition coefficient (Wildman–Crippen LogP) is 1.38. The minimum atomic E-state index is -0.554. The fourth-order valence-corrected chi connectivity index (χ4v) is 2.13. The minimum absolute atomic E-state index is 0.000602. The highest BCUT2D eigenvalue weighted by Crippen LogP contribution is 2.38. The summed E-state index contributed by atoms with van der Waals surface area (Å²) in [4.78, 5) is 11.9. The zero-order chi connectivity index (χ0) is 10.4. The third-order valence-corrected chi connectivity index (χ3v) is 2.82. The van der Waals surface area contributed by atoms with E-state index in [1.807, 2.05) is 18.2 Å². The van der Waals surface area contributed by atoms with Gasteiger partial charge in [0.1, 0.15) is 12.4 Å². The molecule has 0 spiro atoms. The van der Waals surface area contributed by atoms with Crippen LogP contribution in [0.3, 0.4) is 0 Å². The van der Waals surface area contributed by atoms with E-state index in [-0.39, 0.29) is 12.4 Å². The number of hydrogen-bond donors (Lipinski definition) is 1. The molecule has 1 aliphatic heterocycles. The fraction of sp³-hybridized carbons (Fsp3) is 0.250. The Morgan fingerprint density at radius 1 is 1.27 bits per heavy atom. The van der Waals surface area contributed by atoms with Crippen LogP contribution < -0.4 is 0 Å². The van der Waals surface area contributed by atoms with Crippen molar-refractivity contribution in [1.82, 2.24) is 0 Å². The molecule has 3 nitrogen and oxygen atoms in total. The number of aliphatic hydroxyl groups excluding tert-OH is 1. The number of aliphatic hydroxyl groups is 1. The van der Waals surface area contributed by atoms with E-state index in [9.17, 15) is 9.90 Å². The Morgan fingerprint density at radius 2 is 2.00 bits per heavy atom. The molecule has 3 heteroatoms. The van der Waals surface area contributed by atoms with Gasteiger partial charge in [0.2, 0.25) is 0 Å². The highest BCUT2D eigenvalue weighted by Gasteiger charge is 2.34. The van der Waals surface area contributed by atoms with Crippen LogP contribution in [-0.4, -0.2) is 23.6 Å². The molecule has 0 saturated heterocycles. The second-order valence-electron chi connectivity index (χ2n) is 3.85. The van der Waals surface area contributed by atoms with Crippen LogP contribution >= 0.6 is 0 Å².